The molecular weight excluding hydrogens is 332 g/mol. The maximum Gasteiger partial charge on any atom is 0.232 e. The Morgan fingerprint density at radius 2 is 2.08 bits per heavy atom. The van der Waals surface area contributed by atoms with E-state index in [0.717, 1.165) is 22.5 Å². The second kappa shape index (κ2) is 5.81. The first-order valence-corrected chi connectivity index (χ1v) is 9.18. The lowest BCUT2D eigenvalue weighted by molar-refractivity contribution is -0.124. The Morgan fingerprint density at radius 1 is 1.28 bits per heavy atom. The SMILES string of the molecule is CC1(C)C[C@@]1(C(=O)NCc1ccccc1-n1cncn1)c1cccs1. The summed E-state index contributed by atoms with van der Waals surface area (Å²) < 4.78 is 1.72. The summed E-state index contributed by atoms with van der Waals surface area (Å²) >= 11 is 1.66. The van der Waals surface area contributed by atoms with E-state index in [2.05, 4.69) is 35.3 Å². The van der Waals surface area contributed by atoms with Crippen molar-refractivity contribution in [3.63, 3.8) is 0 Å². The number of nitrogens with one attached hydrogen (secondary N) is 1. The molecule has 0 saturated heterocycles. The van der Waals surface area contributed by atoms with Gasteiger partial charge in [0.1, 0.15) is 12.7 Å². The van der Waals surface area contributed by atoms with Gasteiger partial charge in [-0.2, -0.15) is 5.10 Å². The second-order valence-electron chi connectivity index (χ2n) is 7.09. The van der Waals surface area contributed by atoms with E-state index in [0.29, 0.717) is 6.54 Å². The molecule has 1 saturated carbocycles. The van der Waals surface area contributed by atoms with Crippen LogP contribution in [0, 0.1) is 5.41 Å². The number of rotatable bonds is 5. The van der Waals surface area contributed by atoms with E-state index in [-0.39, 0.29) is 11.3 Å². The van der Waals surface area contributed by atoms with E-state index < -0.39 is 5.41 Å². The average molecular weight is 352 g/mol. The number of para-hydroxylation sites is 1. The maximum absolute atomic E-state index is 13.1. The lowest BCUT2D eigenvalue weighted by atomic mass is 9.93. The Balaban J connectivity index is 1.56. The fraction of sp³-hybridized carbons (Fsp3) is 0.316. The second-order valence-corrected chi connectivity index (χ2v) is 8.04. The third kappa shape index (κ3) is 2.57. The number of carbonyl (C=O) groups excluding carboxylic acids is 1. The molecule has 128 valence electrons. The van der Waals surface area contributed by atoms with Gasteiger partial charge < -0.3 is 5.32 Å². The van der Waals surface area contributed by atoms with Crippen LogP contribution < -0.4 is 5.32 Å². The lowest BCUT2D eigenvalue weighted by Crippen LogP contribution is -2.37. The van der Waals surface area contributed by atoms with E-state index in [9.17, 15) is 4.79 Å². The summed E-state index contributed by atoms with van der Waals surface area (Å²) in [6, 6.07) is 12.0. The van der Waals surface area contributed by atoms with Crippen molar-refractivity contribution in [1.82, 2.24) is 20.1 Å². The largest absolute Gasteiger partial charge is 0.351 e. The first-order valence-electron chi connectivity index (χ1n) is 8.30. The molecule has 5 nitrogen and oxygen atoms in total. The number of aromatic nitrogens is 3. The maximum atomic E-state index is 13.1. The van der Waals surface area contributed by atoms with E-state index in [4.69, 9.17) is 0 Å². The fourth-order valence-corrected chi connectivity index (χ4v) is 4.71. The zero-order chi connectivity index (χ0) is 17.5. The zero-order valence-electron chi connectivity index (χ0n) is 14.3. The molecule has 1 aliphatic rings. The van der Waals surface area contributed by atoms with Crippen molar-refractivity contribution in [3.8, 4) is 5.69 Å². The van der Waals surface area contributed by atoms with Gasteiger partial charge in [0.05, 0.1) is 11.1 Å². The van der Waals surface area contributed by atoms with Gasteiger partial charge in [-0.1, -0.05) is 38.1 Å². The monoisotopic (exact) mass is 352 g/mol. The highest BCUT2D eigenvalue weighted by Crippen LogP contribution is 2.65. The first-order chi connectivity index (χ1) is 12.0. The van der Waals surface area contributed by atoms with E-state index >= 15 is 0 Å². The van der Waals surface area contributed by atoms with Crippen molar-refractivity contribution >= 4 is 17.2 Å². The van der Waals surface area contributed by atoms with Crippen molar-refractivity contribution in [2.75, 3.05) is 0 Å². The van der Waals surface area contributed by atoms with Crippen LogP contribution >= 0.6 is 11.3 Å². The van der Waals surface area contributed by atoms with Gasteiger partial charge in [0, 0.05) is 11.4 Å². The molecule has 0 radical (unpaired) electrons. The molecule has 1 fully saturated rings. The third-order valence-corrected chi connectivity index (χ3v) is 6.20. The average Bonchev–Trinajstić information content (AvgIpc) is 3.12. The Morgan fingerprint density at radius 3 is 2.72 bits per heavy atom. The number of amides is 1. The molecule has 0 spiro atoms. The predicted molar refractivity (Wildman–Crippen MR) is 97.6 cm³/mol. The molecule has 1 aromatic carbocycles. The summed E-state index contributed by atoms with van der Waals surface area (Å²) in [5.41, 5.74) is 1.54. The minimum Gasteiger partial charge on any atom is -0.351 e. The van der Waals surface area contributed by atoms with Crippen LogP contribution in [-0.2, 0) is 16.8 Å². The molecule has 0 bridgehead atoms. The standard InChI is InChI=1S/C19H20N4OS/c1-18(2)11-19(18,16-8-5-9-25-16)17(24)21-10-14-6-3-4-7-15(14)23-13-20-12-22-23/h3-9,12-13H,10-11H2,1-2H3,(H,21,24)/t19-/m0/s1. The number of benzene rings is 1. The molecule has 4 rings (SSSR count). The topological polar surface area (TPSA) is 59.8 Å². The Kier molecular flexibility index (Phi) is 3.72. The molecule has 2 heterocycles. The van der Waals surface area contributed by atoms with Gasteiger partial charge in [0.15, 0.2) is 0 Å². The minimum absolute atomic E-state index is 0.00659. The molecule has 25 heavy (non-hydrogen) atoms. The number of nitrogens with zero attached hydrogens (tertiary/aromatic N) is 3. The van der Waals surface area contributed by atoms with Crippen molar-refractivity contribution in [2.45, 2.75) is 32.2 Å². The molecule has 1 N–H and O–H groups in total. The summed E-state index contributed by atoms with van der Waals surface area (Å²) in [5, 5.41) is 9.39. The molecule has 0 unspecified atom stereocenters. The first kappa shape index (κ1) is 16.0. The zero-order valence-corrected chi connectivity index (χ0v) is 15.1. The van der Waals surface area contributed by atoms with Gasteiger partial charge in [-0.25, -0.2) is 9.67 Å². The Bertz CT molecular complexity index is 886. The van der Waals surface area contributed by atoms with Crippen molar-refractivity contribution in [2.24, 2.45) is 5.41 Å². The number of hydrogen-bond donors (Lipinski definition) is 1. The lowest BCUT2D eigenvalue weighted by Gasteiger charge is -2.19. The normalized spacial score (nSPS) is 21.0. The molecule has 1 aliphatic carbocycles. The highest BCUT2D eigenvalue weighted by Gasteiger charge is 2.67. The van der Waals surface area contributed by atoms with Gasteiger partial charge in [-0.15, -0.1) is 11.3 Å². The number of hydrogen-bond acceptors (Lipinski definition) is 4. The van der Waals surface area contributed by atoms with Crippen LogP contribution in [0.3, 0.4) is 0 Å². The van der Waals surface area contributed by atoms with Gasteiger partial charge in [-0.05, 0) is 34.9 Å². The summed E-state index contributed by atoms with van der Waals surface area (Å²) in [6.07, 6.45) is 4.06. The highest BCUT2D eigenvalue weighted by atomic mass is 32.1. The quantitative estimate of drug-likeness (QED) is 0.766. The molecular formula is C19H20N4OS. The third-order valence-electron chi connectivity index (χ3n) is 5.16. The molecule has 1 atom stereocenters. The Labute approximate surface area is 150 Å². The van der Waals surface area contributed by atoms with Gasteiger partial charge >= 0.3 is 0 Å². The van der Waals surface area contributed by atoms with Crippen LogP contribution in [0.1, 0.15) is 30.7 Å². The highest BCUT2D eigenvalue weighted by molar-refractivity contribution is 7.10. The van der Waals surface area contributed by atoms with Crippen molar-refractivity contribution in [3.05, 3.63) is 64.9 Å². The summed E-state index contributed by atoms with van der Waals surface area (Å²) in [5.74, 6) is 0.105. The summed E-state index contributed by atoms with van der Waals surface area (Å²) in [7, 11) is 0. The minimum atomic E-state index is -0.399. The van der Waals surface area contributed by atoms with Crippen LogP contribution in [-0.4, -0.2) is 20.7 Å². The van der Waals surface area contributed by atoms with Crippen LogP contribution in [0.15, 0.2) is 54.4 Å². The number of thiophene rings is 1. The van der Waals surface area contributed by atoms with Crippen LogP contribution in [0.2, 0.25) is 0 Å². The van der Waals surface area contributed by atoms with Crippen molar-refractivity contribution < 1.29 is 4.79 Å². The van der Waals surface area contributed by atoms with E-state index in [1.165, 1.54) is 6.33 Å². The molecule has 0 aliphatic heterocycles. The number of carbonyl (C=O) groups is 1. The fourth-order valence-electron chi connectivity index (χ4n) is 3.60. The molecule has 6 heteroatoms. The molecule has 1 amide bonds. The Hall–Kier alpha value is -2.47. The smallest absolute Gasteiger partial charge is 0.232 e. The van der Waals surface area contributed by atoms with E-state index in [1.54, 1.807) is 22.3 Å². The van der Waals surface area contributed by atoms with Crippen LogP contribution in [0.4, 0.5) is 0 Å². The van der Waals surface area contributed by atoms with E-state index in [1.807, 2.05) is 35.7 Å². The van der Waals surface area contributed by atoms with Crippen LogP contribution in [0.5, 0.6) is 0 Å². The molecule has 2 aromatic heterocycles. The summed E-state index contributed by atoms with van der Waals surface area (Å²) in [4.78, 5) is 18.2. The summed E-state index contributed by atoms with van der Waals surface area (Å²) in [6.45, 7) is 4.80. The van der Waals surface area contributed by atoms with Gasteiger partial charge in [0.25, 0.3) is 0 Å². The van der Waals surface area contributed by atoms with Crippen LogP contribution in [0.25, 0.3) is 5.69 Å². The molecule has 3 aromatic rings. The van der Waals surface area contributed by atoms with Gasteiger partial charge in [0.2, 0.25) is 5.91 Å². The predicted octanol–water partition coefficient (Wildman–Crippen LogP) is 3.31. The van der Waals surface area contributed by atoms with Gasteiger partial charge in [-0.3, -0.25) is 4.79 Å². The van der Waals surface area contributed by atoms with Crippen molar-refractivity contribution in [1.29, 1.82) is 0 Å².